The number of H-pyrrole nitrogens is 1. The van der Waals surface area contributed by atoms with Crippen LogP contribution in [0.4, 0.5) is 13.2 Å². The van der Waals surface area contributed by atoms with E-state index in [-0.39, 0.29) is 17.8 Å². The Morgan fingerprint density at radius 2 is 2.04 bits per heavy atom. The lowest BCUT2D eigenvalue weighted by Gasteiger charge is -2.25. The quantitative estimate of drug-likeness (QED) is 0.647. The smallest absolute Gasteiger partial charge is 0.257 e. The summed E-state index contributed by atoms with van der Waals surface area (Å²) in [6.07, 6.45) is -0.561. The van der Waals surface area contributed by atoms with Crippen LogP contribution in [0.3, 0.4) is 0 Å². The van der Waals surface area contributed by atoms with Gasteiger partial charge in [0.15, 0.2) is 5.82 Å². The Labute approximate surface area is 153 Å². The molecule has 10 heteroatoms. The summed E-state index contributed by atoms with van der Waals surface area (Å²) >= 11 is 0. The van der Waals surface area contributed by atoms with Crippen LogP contribution in [0.5, 0.6) is 0 Å². The molecule has 1 aliphatic carbocycles. The van der Waals surface area contributed by atoms with Crippen LogP contribution in [0.25, 0.3) is 0 Å². The van der Waals surface area contributed by atoms with Crippen molar-refractivity contribution >= 4 is 5.91 Å². The van der Waals surface area contributed by atoms with Crippen molar-refractivity contribution in [3.8, 4) is 6.07 Å². The van der Waals surface area contributed by atoms with Gasteiger partial charge in [0.05, 0.1) is 18.2 Å². The van der Waals surface area contributed by atoms with Crippen molar-refractivity contribution in [1.82, 2.24) is 25.8 Å². The zero-order valence-corrected chi connectivity index (χ0v) is 14.1. The monoisotopic (exact) mass is 378 g/mol. The summed E-state index contributed by atoms with van der Waals surface area (Å²) in [5.41, 5.74) is -0.799. The summed E-state index contributed by atoms with van der Waals surface area (Å²) < 4.78 is 40.4. The third-order valence-electron chi connectivity index (χ3n) is 4.36. The van der Waals surface area contributed by atoms with Gasteiger partial charge in [-0.1, -0.05) is 12.1 Å². The van der Waals surface area contributed by atoms with Gasteiger partial charge in [-0.3, -0.25) is 15.2 Å². The molecule has 2 aromatic rings. The van der Waals surface area contributed by atoms with Crippen LogP contribution in [-0.2, 0) is 11.2 Å². The van der Waals surface area contributed by atoms with Crippen LogP contribution < -0.4 is 10.6 Å². The lowest BCUT2D eigenvalue weighted by molar-refractivity contribution is -0.124. The first-order chi connectivity index (χ1) is 12.9. The van der Waals surface area contributed by atoms with Gasteiger partial charge in [-0.25, -0.2) is 18.2 Å². The van der Waals surface area contributed by atoms with Crippen LogP contribution in [-0.4, -0.2) is 39.1 Å². The molecule has 1 heterocycles. The second-order valence-corrected chi connectivity index (χ2v) is 6.39. The molecule has 1 saturated carbocycles. The van der Waals surface area contributed by atoms with Crippen LogP contribution in [0.1, 0.15) is 30.3 Å². The Hall–Kier alpha value is -2.93. The van der Waals surface area contributed by atoms with Gasteiger partial charge in [-0.2, -0.15) is 10.4 Å². The Balaban J connectivity index is 1.80. The Morgan fingerprint density at radius 3 is 2.56 bits per heavy atom. The number of benzene rings is 1. The molecule has 27 heavy (non-hydrogen) atoms. The van der Waals surface area contributed by atoms with Gasteiger partial charge >= 0.3 is 0 Å². The second kappa shape index (κ2) is 7.75. The second-order valence-electron chi connectivity index (χ2n) is 6.39. The van der Waals surface area contributed by atoms with Gasteiger partial charge in [0.2, 0.25) is 5.91 Å². The molecule has 0 saturated heterocycles. The SMILES string of the molecule is N#CC1(NC(=O)[C@H](Cc2nc[nH]n2)N[C@@H](c2ccc(F)cc2)C(F)F)CC1. The third-order valence-corrected chi connectivity index (χ3v) is 4.36. The van der Waals surface area contributed by atoms with E-state index in [0.717, 1.165) is 12.1 Å². The van der Waals surface area contributed by atoms with Gasteiger partial charge in [-0.15, -0.1) is 0 Å². The molecule has 1 aromatic heterocycles. The number of nitrogens with zero attached hydrogens (tertiary/aromatic N) is 3. The number of carbonyl (C=O) groups is 1. The summed E-state index contributed by atoms with van der Waals surface area (Å²) in [4.78, 5) is 16.6. The number of amides is 1. The lowest BCUT2D eigenvalue weighted by Crippen LogP contribution is -2.51. The van der Waals surface area contributed by atoms with Crippen molar-refractivity contribution in [2.45, 2.75) is 43.3 Å². The van der Waals surface area contributed by atoms with Crippen LogP contribution >= 0.6 is 0 Å². The van der Waals surface area contributed by atoms with Gasteiger partial charge < -0.3 is 5.32 Å². The number of hydrogen-bond donors (Lipinski definition) is 3. The van der Waals surface area contributed by atoms with E-state index in [1.807, 2.05) is 6.07 Å². The van der Waals surface area contributed by atoms with E-state index in [1.54, 1.807) is 0 Å². The van der Waals surface area contributed by atoms with Crippen molar-refractivity contribution < 1.29 is 18.0 Å². The number of nitrogens with one attached hydrogen (secondary N) is 3. The number of rotatable bonds is 8. The van der Waals surface area contributed by atoms with Crippen LogP contribution in [0, 0.1) is 17.1 Å². The third kappa shape index (κ3) is 4.62. The number of aromatic amines is 1. The summed E-state index contributed by atoms with van der Waals surface area (Å²) in [5, 5.41) is 20.7. The van der Waals surface area contributed by atoms with Crippen molar-refractivity contribution in [2.75, 3.05) is 0 Å². The molecule has 142 valence electrons. The highest BCUT2D eigenvalue weighted by Gasteiger charge is 2.46. The Bertz CT molecular complexity index is 814. The average molecular weight is 378 g/mol. The maximum Gasteiger partial charge on any atom is 0.257 e. The van der Waals surface area contributed by atoms with Crippen molar-refractivity contribution in [2.24, 2.45) is 0 Å². The molecular weight excluding hydrogens is 361 g/mol. The van der Waals surface area contributed by atoms with E-state index in [9.17, 15) is 18.0 Å². The Kier molecular flexibility index (Phi) is 5.41. The molecule has 0 spiro atoms. The van der Waals surface area contributed by atoms with Crippen molar-refractivity contribution in [3.05, 3.63) is 47.8 Å². The molecule has 0 bridgehead atoms. The number of halogens is 3. The molecule has 1 aromatic carbocycles. The fourth-order valence-corrected chi connectivity index (χ4v) is 2.66. The summed E-state index contributed by atoms with van der Waals surface area (Å²) in [5.74, 6) is -0.880. The summed E-state index contributed by atoms with van der Waals surface area (Å²) in [7, 11) is 0. The van der Waals surface area contributed by atoms with Crippen molar-refractivity contribution in [1.29, 1.82) is 5.26 Å². The van der Waals surface area contributed by atoms with Gasteiger partial charge in [0.1, 0.15) is 17.7 Å². The molecule has 0 unspecified atom stereocenters. The minimum atomic E-state index is -2.84. The zero-order chi connectivity index (χ0) is 19.4. The molecule has 3 N–H and O–H groups in total. The Morgan fingerprint density at radius 1 is 1.33 bits per heavy atom. The minimum Gasteiger partial charge on any atom is -0.336 e. The van der Waals surface area contributed by atoms with E-state index >= 15 is 0 Å². The highest BCUT2D eigenvalue weighted by molar-refractivity contribution is 5.83. The molecule has 1 amide bonds. The highest BCUT2D eigenvalue weighted by Crippen LogP contribution is 2.34. The van der Waals surface area contributed by atoms with E-state index < -0.39 is 35.8 Å². The first-order valence-corrected chi connectivity index (χ1v) is 8.30. The first-order valence-electron chi connectivity index (χ1n) is 8.30. The van der Waals surface area contributed by atoms with E-state index in [1.165, 1.54) is 18.5 Å². The van der Waals surface area contributed by atoms with E-state index in [4.69, 9.17) is 5.26 Å². The number of hydrogen-bond acceptors (Lipinski definition) is 5. The van der Waals surface area contributed by atoms with Crippen LogP contribution in [0.2, 0.25) is 0 Å². The maximum atomic E-state index is 13.6. The summed E-state index contributed by atoms with van der Waals surface area (Å²) in [6.45, 7) is 0. The predicted molar refractivity (Wildman–Crippen MR) is 87.9 cm³/mol. The normalized spacial score (nSPS) is 17.1. The predicted octanol–water partition coefficient (Wildman–Crippen LogP) is 1.62. The molecular formula is C17H17F3N6O. The molecule has 2 atom stereocenters. The lowest BCUT2D eigenvalue weighted by atomic mass is 10.0. The molecule has 3 rings (SSSR count). The molecule has 1 fully saturated rings. The fraction of sp³-hybridized carbons (Fsp3) is 0.412. The summed E-state index contributed by atoms with van der Waals surface area (Å²) in [6, 6.07) is 4.04. The van der Waals surface area contributed by atoms with Crippen molar-refractivity contribution in [3.63, 3.8) is 0 Å². The van der Waals surface area contributed by atoms with Gasteiger partial charge in [0.25, 0.3) is 6.43 Å². The minimum absolute atomic E-state index is 0.0543. The average Bonchev–Trinajstić information content (AvgIpc) is 3.22. The molecule has 0 aliphatic heterocycles. The van der Waals surface area contributed by atoms with Gasteiger partial charge in [-0.05, 0) is 30.5 Å². The van der Waals surface area contributed by atoms with E-state index in [2.05, 4.69) is 25.8 Å². The number of nitriles is 1. The standard InChI is InChI=1S/C17H17F3N6O/c18-11-3-1-10(2-4-11)14(15(19)20)24-12(7-13-22-9-23-26-13)16(27)25-17(8-21)5-6-17/h1-4,9,12,14-15,24H,5-7H2,(H,25,27)(H,22,23,26)/t12-,14-/m0/s1. The molecule has 1 aliphatic rings. The number of alkyl halides is 2. The zero-order valence-electron chi connectivity index (χ0n) is 14.1. The number of aromatic nitrogens is 3. The first kappa shape index (κ1) is 18.8. The highest BCUT2D eigenvalue weighted by atomic mass is 19.3. The molecule has 7 nitrogen and oxygen atoms in total. The topological polar surface area (TPSA) is 106 Å². The fourth-order valence-electron chi connectivity index (χ4n) is 2.66. The van der Waals surface area contributed by atoms with E-state index in [0.29, 0.717) is 12.8 Å². The van der Waals surface area contributed by atoms with Crippen LogP contribution in [0.15, 0.2) is 30.6 Å². The van der Waals surface area contributed by atoms with Gasteiger partial charge in [0, 0.05) is 6.42 Å². The molecule has 0 radical (unpaired) electrons. The largest absolute Gasteiger partial charge is 0.336 e. The maximum absolute atomic E-state index is 13.6. The number of carbonyl (C=O) groups excluding carboxylic acids is 1.